The first kappa shape index (κ1) is 16.2. The lowest BCUT2D eigenvalue weighted by Gasteiger charge is -2.03. The van der Waals surface area contributed by atoms with E-state index in [9.17, 15) is 0 Å². The van der Waals surface area contributed by atoms with Crippen LogP contribution in [0.25, 0.3) is 32.8 Å². The summed E-state index contributed by atoms with van der Waals surface area (Å²) in [7, 11) is 0. The third-order valence-electron chi connectivity index (χ3n) is 4.03. The van der Waals surface area contributed by atoms with Crippen molar-refractivity contribution < 1.29 is 4.42 Å². The second-order valence-corrected chi connectivity index (χ2v) is 7.51. The molecule has 0 saturated carbocycles. The van der Waals surface area contributed by atoms with Gasteiger partial charge in [0.2, 0.25) is 5.89 Å². The number of hydrogen-bond donors (Lipinski definition) is 0. The van der Waals surface area contributed by atoms with Gasteiger partial charge in [0.05, 0.1) is 5.39 Å². The van der Waals surface area contributed by atoms with Gasteiger partial charge in [-0.2, -0.15) is 0 Å². The summed E-state index contributed by atoms with van der Waals surface area (Å²) in [5.74, 6) is 0.497. The average molecular weight is 388 g/mol. The van der Waals surface area contributed by atoms with E-state index in [2.05, 4.69) is 37.7 Å². The molecule has 0 N–H and O–H groups in total. The molecule has 0 aliphatic heterocycles. The van der Waals surface area contributed by atoms with Crippen molar-refractivity contribution in [1.29, 1.82) is 0 Å². The lowest BCUT2D eigenvalue weighted by atomic mass is 10.1. The Morgan fingerprint density at radius 2 is 1.56 bits per heavy atom. The number of hydrogen-bond acceptors (Lipinski definition) is 7. The van der Waals surface area contributed by atoms with Gasteiger partial charge in [0.25, 0.3) is 5.22 Å². The molecular formula is C20H12N4OS2. The van der Waals surface area contributed by atoms with Crippen LogP contribution in [0, 0.1) is 0 Å². The number of benzene rings is 2. The highest BCUT2D eigenvalue weighted by atomic mass is 32.2. The van der Waals surface area contributed by atoms with Crippen molar-refractivity contribution in [2.75, 3.05) is 0 Å². The second-order valence-electron chi connectivity index (χ2n) is 5.72. The van der Waals surface area contributed by atoms with E-state index in [0.717, 1.165) is 31.9 Å². The van der Waals surface area contributed by atoms with Crippen molar-refractivity contribution in [3.8, 4) is 22.6 Å². The van der Waals surface area contributed by atoms with Crippen LogP contribution in [0.2, 0.25) is 0 Å². The fourth-order valence-electron chi connectivity index (χ4n) is 2.79. The molecule has 0 aliphatic rings. The highest BCUT2D eigenvalue weighted by Gasteiger charge is 2.17. The van der Waals surface area contributed by atoms with E-state index in [1.165, 1.54) is 11.8 Å². The van der Waals surface area contributed by atoms with Crippen LogP contribution in [0.15, 0.2) is 87.0 Å². The van der Waals surface area contributed by atoms with E-state index in [-0.39, 0.29) is 0 Å². The molecule has 27 heavy (non-hydrogen) atoms. The smallest absolute Gasteiger partial charge is 0.283 e. The Balaban J connectivity index is 1.55. The molecule has 0 bridgehead atoms. The van der Waals surface area contributed by atoms with Gasteiger partial charge in [-0.15, -0.1) is 21.5 Å². The van der Waals surface area contributed by atoms with Crippen LogP contribution in [-0.2, 0) is 0 Å². The van der Waals surface area contributed by atoms with Crippen molar-refractivity contribution in [1.82, 2.24) is 20.2 Å². The normalized spacial score (nSPS) is 11.1. The highest BCUT2D eigenvalue weighted by molar-refractivity contribution is 7.99. The molecule has 0 atom stereocenters. The van der Waals surface area contributed by atoms with E-state index in [1.807, 2.05) is 48.5 Å². The molecule has 0 spiro atoms. The minimum absolute atomic E-state index is 0.457. The molecule has 0 amide bonds. The van der Waals surface area contributed by atoms with E-state index < -0.39 is 0 Å². The van der Waals surface area contributed by atoms with Crippen LogP contribution in [0.1, 0.15) is 0 Å². The third-order valence-corrected chi connectivity index (χ3v) is 5.76. The minimum Gasteiger partial charge on any atom is -0.411 e. The van der Waals surface area contributed by atoms with Gasteiger partial charge in [0, 0.05) is 16.5 Å². The zero-order valence-electron chi connectivity index (χ0n) is 13.9. The average Bonchev–Trinajstić information content (AvgIpc) is 3.37. The molecule has 0 unspecified atom stereocenters. The molecule has 2 aromatic carbocycles. The number of rotatable bonds is 4. The lowest BCUT2D eigenvalue weighted by Crippen LogP contribution is -1.86. The summed E-state index contributed by atoms with van der Waals surface area (Å²) in [6.07, 6.45) is 1.57. The Bertz CT molecular complexity index is 1200. The maximum absolute atomic E-state index is 5.83. The fraction of sp³-hybridized carbons (Fsp3) is 0. The van der Waals surface area contributed by atoms with Crippen molar-refractivity contribution in [2.45, 2.75) is 10.2 Å². The van der Waals surface area contributed by atoms with Crippen molar-refractivity contribution >= 4 is 33.3 Å². The molecule has 5 nitrogen and oxygen atoms in total. The SMILES string of the molecule is c1ccc(-c2nnc(Sc3ncnc4scc(-c5ccccc5)c34)o2)cc1. The highest BCUT2D eigenvalue weighted by Crippen LogP contribution is 2.40. The summed E-state index contributed by atoms with van der Waals surface area (Å²) in [6, 6.07) is 20.0. The quantitative estimate of drug-likeness (QED) is 0.376. The number of nitrogens with zero attached hydrogens (tertiary/aromatic N) is 4. The van der Waals surface area contributed by atoms with Gasteiger partial charge in [0.1, 0.15) is 16.2 Å². The van der Waals surface area contributed by atoms with E-state index in [1.54, 1.807) is 17.7 Å². The van der Waals surface area contributed by atoms with Crippen LogP contribution < -0.4 is 0 Å². The van der Waals surface area contributed by atoms with Gasteiger partial charge in [-0.05, 0) is 29.5 Å². The van der Waals surface area contributed by atoms with Crippen molar-refractivity contribution in [2.24, 2.45) is 0 Å². The van der Waals surface area contributed by atoms with Gasteiger partial charge in [0.15, 0.2) is 0 Å². The van der Waals surface area contributed by atoms with Crippen LogP contribution in [-0.4, -0.2) is 20.2 Å². The Hall–Kier alpha value is -3.03. The third kappa shape index (κ3) is 3.11. The Morgan fingerprint density at radius 3 is 2.33 bits per heavy atom. The fourth-order valence-corrected chi connectivity index (χ4v) is 4.54. The number of thiophene rings is 1. The zero-order valence-corrected chi connectivity index (χ0v) is 15.6. The van der Waals surface area contributed by atoms with Crippen LogP contribution in [0.3, 0.4) is 0 Å². The van der Waals surface area contributed by atoms with E-state index in [4.69, 9.17) is 4.42 Å². The largest absolute Gasteiger partial charge is 0.411 e. The lowest BCUT2D eigenvalue weighted by molar-refractivity contribution is 0.465. The molecule has 0 fully saturated rings. The predicted octanol–water partition coefficient (Wildman–Crippen LogP) is 5.56. The Morgan fingerprint density at radius 1 is 0.815 bits per heavy atom. The van der Waals surface area contributed by atoms with Crippen LogP contribution >= 0.6 is 23.1 Å². The van der Waals surface area contributed by atoms with Gasteiger partial charge < -0.3 is 4.42 Å². The summed E-state index contributed by atoms with van der Waals surface area (Å²) in [5.41, 5.74) is 3.14. The second kappa shape index (κ2) is 6.94. The maximum atomic E-state index is 5.83. The molecule has 7 heteroatoms. The van der Waals surface area contributed by atoms with Crippen molar-refractivity contribution in [3.05, 3.63) is 72.4 Å². The molecule has 130 valence electrons. The Labute approximate surface area is 163 Å². The summed E-state index contributed by atoms with van der Waals surface area (Å²) < 4.78 is 5.83. The van der Waals surface area contributed by atoms with Crippen LogP contribution in [0.5, 0.6) is 0 Å². The molecule has 3 heterocycles. The monoisotopic (exact) mass is 388 g/mol. The first-order chi connectivity index (χ1) is 13.4. The molecule has 0 radical (unpaired) electrons. The Kier molecular flexibility index (Phi) is 4.16. The first-order valence-corrected chi connectivity index (χ1v) is 9.92. The van der Waals surface area contributed by atoms with E-state index in [0.29, 0.717) is 11.1 Å². The van der Waals surface area contributed by atoms with Gasteiger partial charge in [-0.1, -0.05) is 48.5 Å². The zero-order chi connectivity index (χ0) is 18.1. The summed E-state index contributed by atoms with van der Waals surface area (Å²) in [5, 5.41) is 12.7. The van der Waals surface area contributed by atoms with Gasteiger partial charge in [-0.3, -0.25) is 0 Å². The molecular weight excluding hydrogens is 376 g/mol. The van der Waals surface area contributed by atoms with Gasteiger partial charge >= 0.3 is 0 Å². The molecule has 3 aromatic heterocycles. The topological polar surface area (TPSA) is 64.7 Å². The minimum atomic E-state index is 0.457. The van der Waals surface area contributed by atoms with Gasteiger partial charge in [-0.25, -0.2) is 9.97 Å². The molecule has 0 aliphatic carbocycles. The summed E-state index contributed by atoms with van der Waals surface area (Å²) in [6.45, 7) is 0. The first-order valence-electron chi connectivity index (χ1n) is 8.23. The summed E-state index contributed by atoms with van der Waals surface area (Å²) in [4.78, 5) is 9.82. The van der Waals surface area contributed by atoms with E-state index >= 15 is 0 Å². The van der Waals surface area contributed by atoms with Crippen LogP contribution in [0.4, 0.5) is 0 Å². The molecule has 0 saturated heterocycles. The summed E-state index contributed by atoms with van der Waals surface area (Å²) >= 11 is 2.97. The molecule has 5 aromatic rings. The molecule has 5 rings (SSSR count). The van der Waals surface area contributed by atoms with Crippen molar-refractivity contribution in [3.63, 3.8) is 0 Å². The number of fused-ring (bicyclic) bond motifs is 1. The maximum Gasteiger partial charge on any atom is 0.283 e. The number of aromatic nitrogens is 4. The predicted molar refractivity (Wildman–Crippen MR) is 107 cm³/mol. The standard InChI is InChI=1S/C20H12N4OS2/c1-3-7-13(8-4-1)15-11-26-18-16(15)19(22-12-21-18)27-20-24-23-17(25-20)14-9-5-2-6-10-14/h1-12H.